The van der Waals surface area contributed by atoms with Gasteiger partial charge in [0.05, 0.1) is 11.4 Å². The summed E-state index contributed by atoms with van der Waals surface area (Å²) in [5.41, 5.74) is 12.5. The molecule has 9 nitrogen and oxygen atoms in total. The van der Waals surface area contributed by atoms with Gasteiger partial charge in [-0.2, -0.15) is 5.10 Å². The number of nitrogens with zero attached hydrogens (tertiary/aromatic N) is 3. The predicted octanol–water partition coefficient (Wildman–Crippen LogP) is 5.38. The third-order valence-corrected chi connectivity index (χ3v) is 7.37. The van der Waals surface area contributed by atoms with Crippen molar-refractivity contribution in [3.63, 3.8) is 0 Å². The van der Waals surface area contributed by atoms with Gasteiger partial charge in [-0.15, -0.1) is 0 Å². The Morgan fingerprint density at radius 3 is 2.32 bits per heavy atom. The number of phenols is 1. The molecule has 0 spiro atoms. The van der Waals surface area contributed by atoms with Crippen LogP contribution in [0.4, 0.5) is 5.69 Å². The molecule has 3 aromatic carbocycles. The number of hydrogen-bond donors (Lipinski definition) is 4. The lowest BCUT2D eigenvalue weighted by Gasteiger charge is -2.19. The highest BCUT2D eigenvalue weighted by molar-refractivity contribution is 5.98. The zero-order valence-electron chi connectivity index (χ0n) is 25.0. The summed E-state index contributed by atoms with van der Waals surface area (Å²) in [7, 11) is 0. The van der Waals surface area contributed by atoms with Crippen molar-refractivity contribution < 1.29 is 14.7 Å². The maximum Gasteiger partial charge on any atom is 0.252 e. The first-order valence-electron chi connectivity index (χ1n) is 14.4. The minimum atomic E-state index is -0.908. The summed E-state index contributed by atoms with van der Waals surface area (Å²) < 4.78 is 1.88. The molecule has 2 amide bonds. The number of hydrogen-bond acceptors (Lipinski definition) is 6. The molecule has 0 aliphatic heterocycles. The summed E-state index contributed by atoms with van der Waals surface area (Å²) in [5, 5.41) is 20.6. The number of carbonyl (C=O) groups is 2. The van der Waals surface area contributed by atoms with E-state index in [1.165, 1.54) is 17.7 Å². The van der Waals surface area contributed by atoms with Gasteiger partial charge in [0.25, 0.3) is 5.91 Å². The van der Waals surface area contributed by atoms with Crippen LogP contribution in [0.3, 0.4) is 0 Å². The Hall–Kier alpha value is -5.44. The van der Waals surface area contributed by atoms with E-state index in [9.17, 15) is 14.7 Å². The molecule has 5 aromatic rings. The molecular formula is C35H36N6O3. The summed E-state index contributed by atoms with van der Waals surface area (Å²) in [6.45, 7) is 7.02. The lowest BCUT2D eigenvalue weighted by molar-refractivity contribution is -0.119. The van der Waals surface area contributed by atoms with Gasteiger partial charge < -0.3 is 21.5 Å². The van der Waals surface area contributed by atoms with Crippen LogP contribution < -0.4 is 16.4 Å². The molecule has 2 aromatic heterocycles. The molecular weight excluding hydrogens is 552 g/mol. The number of amides is 2. The zero-order chi connectivity index (χ0) is 31.3. The summed E-state index contributed by atoms with van der Waals surface area (Å²) >= 11 is 0. The molecule has 0 radical (unpaired) electrons. The first-order chi connectivity index (χ1) is 21.1. The van der Waals surface area contributed by atoms with Crippen LogP contribution in [-0.2, 0) is 23.2 Å². The van der Waals surface area contributed by atoms with Gasteiger partial charge in [-0.1, -0.05) is 51.1 Å². The highest BCUT2D eigenvalue weighted by atomic mass is 16.3. The molecule has 0 aliphatic carbocycles. The fraction of sp³-hybridized carbons (Fsp3) is 0.200. The highest BCUT2D eigenvalue weighted by Crippen LogP contribution is 2.27. The number of phenolic OH excluding ortho intramolecular Hbond substituents is 1. The Kier molecular flexibility index (Phi) is 8.76. The monoisotopic (exact) mass is 588 g/mol. The van der Waals surface area contributed by atoms with Gasteiger partial charge in [0.15, 0.2) is 0 Å². The normalized spacial score (nSPS) is 12.0. The molecule has 5 N–H and O–H groups in total. The molecule has 0 aliphatic rings. The van der Waals surface area contributed by atoms with Crippen LogP contribution in [0, 0.1) is 0 Å². The van der Waals surface area contributed by atoms with Crippen LogP contribution in [0.25, 0.3) is 16.9 Å². The number of carbonyl (C=O) groups excluding carboxylic acids is 2. The molecule has 5 rings (SSSR count). The lowest BCUT2D eigenvalue weighted by Crippen LogP contribution is -2.45. The lowest BCUT2D eigenvalue weighted by atomic mass is 9.87. The van der Waals surface area contributed by atoms with E-state index in [-0.39, 0.29) is 17.6 Å². The number of anilines is 1. The molecule has 2 heterocycles. The molecule has 0 bridgehead atoms. The van der Waals surface area contributed by atoms with E-state index in [1.807, 2.05) is 29.1 Å². The van der Waals surface area contributed by atoms with Crippen LogP contribution in [0.1, 0.15) is 47.8 Å². The van der Waals surface area contributed by atoms with E-state index in [4.69, 9.17) is 10.8 Å². The molecule has 9 heteroatoms. The highest BCUT2D eigenvalue weighted by Gasteiger charge is 2.20. The van der Waals surface area contributed by atoms with Crippen molar-refractivity contribution in [3.8, 4) is 22.7 Å². The Morgan fingerprint density at radius 1 is 0.955 bits per heavy atom. The van der Waals surface area contributed by atoms with Crippen LogP contribution in [0.5, 0.6) is 5.75 Å². The Morgan fingerprint density at radius 2 is 1.66 bits per heavy atom. The zero-order valence-corrected chi connectivity index (χ0v) is 25.0. The topological polar surface area (TPSA) is 135 Å². The van der Waals surface area contributed by atoms with Crippen molar-refractivity contribution in [2.24, 2.45) is 5.73 Å². The van der Waals surface area contributed by atoms with Gasteiger partial charge in [0.2, 0.25) is 5.91 Å². The number of benzene rings is 3. The van der Waals surface area contributed by atoms with Crippen LogP contribution in [-0.4, -0.2) is 37.7 Å². The second-order valence-electron chi connectivity index (χ2n) is 11.7. The quantitative estimate of drug-likeness (QED) is 0.173. The standard InChI is InChI=1S/C35H36N6O3/c1-35(2,3)27-9-11-29(12-10-27)41-22-26(32(40-41)24-15-17-37-18-16-24)21-38-28-6-4-5-25(20-28)34(44)39-31(33(36)43)19-23-7-13-30(42)14-8-23/h4-18,20,22,31,38,42H,19,21H2,1-3H3,(H2,36,43)(H,39,44)/t31-/m0/s1. The van der Waals surface area contributed by atoms with Gasteiger partial charge in [0, 0.05) is 53.9 Å². The van der Waals surface area contributed by atoms with Crippen molar-refractivity contribution in [3.05, 3.63) is 126 Å². The first-order valence-corrected chi connectivity index (χ1v) is 14.4. The molecule has 224 valence electrons. The van der Waals surface area contributed by atoms with Gasteiger partial charge in [-0.3, -0.25) is 14.6 Å². The molecule has 1 atom stereocenters. The number of nitrogens with one attached hydrogen (secondary N) is 2. The molecule has 0 unspecified atom stereocenters. The largest absolute Gasteiger partial charge is 0.508 e. The van der Waals surface area contributed by atoms with E-state index < -0.39 is 17.9 Å². The van der Waals surface area contributed by atoms with Gasteiger partial charge in [-0.05, 0) is 71.1 Å². The van der Waals surface area contributed by atoms with Crippen molar-refractivity contribution >= 4 is 17.5 Å². The van der Waals surface area contributed by atoms with E-state index in [0.29, 0.717) is 12.1 Å². The van der Waals surface area contributed by atoms with Gasteiger partial charge in [-0.25, -0.2) is 4.68 Å². The molecule has 44 heavy (non-hydrogen) atoms. The van der Waals surface area contributed by atoms with Crippen molar-refractivity contribution in [1.29, 1.82) is 0 Å². The number of aromatic hydroxyl groups is 1. The number of nitrogens with two attached hydrogens (primary N) is 1. The second-order valence-corrected chi connectivity index (χ2v) is 11.7. The molecule has 0 fully saturated rings. The number of aromatic nitrogens is 3. The van der Waals surface area contributed by atoms with Crippen molar-refractivity contribution in [2.75, 3.05) is 5.32 Å². The van der Waals surface area contributed by atoms with Gasteiger partial charge >= 0.3 is 0 Å². The second kappa shape index (κ2) is 12.8. The van der Waals surface area contributed by atoms with E-state index in [1.54, 1.807) is 42.7 Å². The summed E-state index contributed by atoms with van der Waals surface area (Å²) in [5.74, 6) is -0.942. The number of pyridine rings is 1. The van der Waals surface area contributed by atoms with Crippen LogP contribution >= 0.6 is 0 Å². The fourth-order valence-corrected chi connectivity index (χ4v) is 4.84. The average Bonchev–Trinajstić information content (AvgIpc) is 3.45. The Bertz CT molecular complexity index is 1740. The molecule has 0 saturated heterocycles. The number of rotatable bonds is 10. The van der Waals surface area contributed by atoms with Crippen LogP contribution in [0.2, 0.25) is 0 Å². The minimum absolute atomic E-state index is 0.0545. The van der Waals surface area contributed by atoms with E-state index in [0.717, 1.165) is 33.8 Å². The van der Waals surface area contributed by atoms with E-state index >= 15 is 0 Å². The summed E-state index contributed by atoms with van der Waals surface area (Å²) in [6.07, 6.45) is 5.70. The van der Waals surface area contributed by atoms with Crippen LogP contribution in [0.15, 0.2) is 104 Å². The smallest absolute Gasteiger partial charge is 0.252 e. The Balaban J connectivity index is 1.33. The fourth-order valence-electron chi connectivity index (χ4n) is 4.84. The molecule has 0 saturated carbocycles. The maximum absolute atomic E-state index is 13.1. The summed E-state index contributed by atoms with van der Waals surface area (Å²) in [6, 6.07) is 24.8. The number of primary amides is 1. The van der Waals surface area contributed by atoms with E-state index in [2.05, 4.69) is 60.7 Å². The third kappa shape index (κ3) is 7.30. The maximum atomic E-state index is 13.1. The minimum Gasteiger partial charge on any atom is -0.508 e. The SMILES string of the molecule is CC(C)(C)c1ccc(-n2cc(CNc3cccc(C(=O)N[C@@H](Cc4ccc(O)cc4)C(N)=O)c3)c(-c3ccncc3)n2)cc1. The predicted molar refractivity (Wildman–Crippen MR) is 172 cm³/mol. The third-order valence-electron chi connectivity index (χ3n) is 7.37. The van der Waals surface area contributed by atoms with Crippen molar-refractivity contribution in [2.45, 2.75) is 45.2 Å². The first kappa shape index (κ1) is 30.0. The average molecular weight is 589 g/mol. The van der Waals surface area contributed by atoms with Gasteiger partial charge in [0.1, 0.15) is 11.8 Å². The Labute approximate surface area is 256 Å². The van der Waals surface area contributed by atoms with Crippen molar-refractivity contribution in [1.82, 2.24) is 20.1 Å². The summed E-state index contributed by atoms with van der Waals surface area (Å²) in [4.78, 5) is 29.4.